The van der Waals surface area contributed by atoms with Crippen molar-refractivity contribution < 1.29 is 0 Å². The molecule has 0 atom stereocenters. The van der Waals surface area contributed by atoms with Gasteiger partial charge in [-0.1, -0.05) is 6.92 Å². The smallest absolute Gasteiger partial charge is 0.0859 e. The van der Waals surface area contributed by atoms with Crippen LogP contribution in [-0.4, -0.2) is 0 Å². The van der Waals surface area contributed by atoms with E-state index >= 15 is 0 Å². The molecule has 0 saturated carbocycles. The highest BCUT2D eigenvalue weighted by atomic mass is 32.1. The van der Waals surface area contributed by atoms with E-state index in [1.165, 1.54) is 4.88 Å². The maximum atomic E-state index is 5.45. The van der Waals surface area contributed by atoms with Crippen LogP contribution in [0, 0.1) is 6.42 Å². The minimum atomic E-state index is 0.887. The molecule has 2 N–H and O–H groups in total. The minimum absolute atomic E-state index is 0.887. The molecule has 1 rings (SSSR count). The molecule has 1 aromatic rings. The van der Waals surface area contributed by atoms with Crippen LogP contribution >= 0.6 is 11.3 Å². The summed E-state index contributed by atoms with van der Waals surface area (Å²) >= 11 is 1.61. The van der Waals surface area contributed by atoms with Crippen molar-refractivity contribution in [2.75, 3.05) is 5.73 Å². The molecule has 0 aliphatic rings. The van der Waals surface area contributed by atoms with Gasteiger partial charge in [0.25, 0.3) is 0 Å². The normalized spacial score (nSPS) is 9.62. The van der Waals surface area contributed by atoms with Crippen LogP contribution in [0.3, 0.4) is 0 Å². The highest BCUT2D eigenvalue weighted by Crippen LogP contribution is 2.18. The van der Waals surface area contributed by atoms with Gasteiger partial charge in [-0.05, 0) is 18.6 Å². The van der Waals surface area contributed by atoms with Crippen LogP contribution < -0.4 is 5.73 Å². The summed E-state index contributed by atoms with van der Waals surface area (Å²) in [5, 5.41) is 0.887. The standard InChI is InChI=1S/C6H8NS/c1-2-5-3-4-6(7)8-5/h2-4H,7H2,1H3. The van der Waals surface area contributed by atoms with Crippen molar-refractivity contribution in [3.05, 3.63) is 23.4 Å². The number of anilines is 1. The van der Waals surface area contributed by atoms with Gasteiger partial charge in [-0.25, -0.2) is 0 Å². The van der Waals surface area contributed by atoms with E-state index in [1.807, 2.05) is 25.5 Å². The summed E-state index contributed by atoms with van der Waals surface area (Å²) < 4.78 is 0. The Hall–Kier alpha value is -0.500. The molecule has 1 radical (unpaired) electrons. The van der Waals surface area contributed by atoms with Crippen molar-refractivity contribution >= 4 is 16.3 Å². The summed E-state index contributed by atoms with van der Waals surface area (Å²) in [5.41, 5.74) is 5.45. The maximum Gasteiger partial charge on any atom is 0.0859 e. The fraction of sp³-hybridized carbons (Fsp3) is 0.167. The number of hydrogen-bond donors (Lipinski definition) is 1. The Balaban J connectivity index is 2.84. The van der Waals surface area contributed by atoms with Crippen LogP contribution in [0.1, 0.15) is 11.8 Å². The van der Waals surface area contributed by atoms with Gasteiger partial charge in [-0.2, -0.15) is 0 Å². The molecule has 1 heterocycles. The van der Waals surface area contributed by atoms with E-state index in [2.05, 4.69) is 0 Å². The van der Waals surface area contributed by atoms with Gasteiger partial charge in [0.1, 0.15) is 0 Å². The molecule has 0 fully saturated rings. The highest BCUT2D eigenvalue weighted by molar-refractivity contribution is 7.16. The number of nitrogens with two attached hydrogens (primary N) is 1. The van der Waals surface area contributed by atoms with Crippen LogP contribution in [0.5, 0.6) is 0 Å². The second-order valence-corrected chi connectivity index (χ2v) is 2.68. The molecule has 0 amide bonds. The Kier molecular flexibility index (Phi) is 1.53. The monoisotopic (exact) mass is 126 g/mol. The predicted molar refractivity (Wildman–Crippen MR) is 37.8 cm³/mol. The van der Waals surface area contributed by atoms with Gasteiger partial charge in [0.2, 0.25) is 0 Å². The Morgan fingerprint density at radius 3 is 2.62 bits per heavy atom. The zero-order valence-electron chi connectivity index (χ0n) is 4.72. The first-order valence-corrected chi connectivity index (χ1v) is 3.29. The van der Waals surface area contributed by atoms with Gasteiger partial charge in [-0.15, -0.1) is 11.3 Å². The first-order valence-electron chi connectivity index (χ1n) is 2.47. The molecule has 0 aliphatic heterocycles. The SMILES string of the molecule is C[CH]c1ccc(N)s1. The van der Waals surface area contributed by atoms with E-state index in [0.29, 0.717) is 0 Å². The molecule has 0 saturated heterocycles. The van der Waals surface area contributed by atoms with Gasteiger partial charge < -0.3 is 5.73 Å². The molecular formula is C6H8NS. The van der Waals surface area contributed by atoms with E-state index in [1.54, 1.807) is 11.3 Å². The average Bonchev–Trinajstić information content (AvgIpc) is 2.14. The third kappa shape index (κ3) is 1.01. The predicted octanol–water partition coefficient (Wildman–Crippen LogP) is 1.90. The molecule has 0 bridgehead atoms. The van der Waals surface area contributed by atoms with Crippen molar-refractivity contribution in [2.24, 2.45) is 0 Å². The molecular weight excluding hydrogens is 118 g/mol. The zero-order valence-corrected chi connectivity index (χ0v) is 5.53. The Bertz CT molecular complexity index is 169. The van der Waals surface area contributed by atoms with E-state index in [4.69, 9.17) is 5.73 Å². The van der Waals surface area contributed by atoms with Gasteiger partial charge >= 0.3 is 0 Å². The molecule has 0 aliphatic carbocycles. The van der Waals surface area contributed by atoms with Crippen LogP contribution in [0.25, 0.3) is 0 Å². The maximum absolute atomic E-state index is 5.45. The summed E-state index contributed by atoms with van der Waals surface area (Å²) in [7, 11) is 0. The lowest BCUT2D eigenvalue weighted by Gasteiger charge is -1.80. The van der Waals surface area contributed by atoms with Crippen LogP contribution in [0.15, 0.2) is 12.1 Å². The lowest BCUT2D eigenvalue weighted by atomic mass is 10.4. The fourth-order valence-electron chi connectivity index (χ4n) is 0.524. The largest absolute Gasteiger partial charge is 0.391 e. The Morgan fingerprint density at radius 1 is 1.62 bits per heavy atom. The second-order valence-electron chi connectivity index (χ2n) is 1.53. The number of thiophene rings is 1. The Morgan fingerprint density at radius 2 is 2.38 bits per heavy atom. The van der Waals surface area contributed by atoms with E-state index in [9.17, 15) is 0 Å². The van der Waals surface area contributed by atoms with E-state index < -0.39 is 0 Å². The first kappa shape index (κ1) is 5.63. The lowest BCUT2D eigenvalue weighted by molar-refractivity contribution is 1.52. The van der Waals surface area contributed by atoms with E-state index in [0.717, 1.165) is 5.00 Å². The van der Waals surface area contributed by atoms with Crippen molar-refractivity contribution in [2.45, 2.75) is 6.92 Å². The third-order valence-electron chi connectivity index (χ3n) is 0.932. The van der Waals surface area contributed by atoms with E-state index in [-0.39, 0.29) is 0 Å². The van der Waals surface area contributed by atoms with Crippen LogP contribution in [-0.2, 0) is 0 Å². The summed E-state index contributed by atoms with van der Waals surface area (Å²) in [6.45, 7) is 2.01. The quantitative estimate of drug-likeness (QED) is 0.611. The van der Waals surface area contributed by atoms with Crippen molar-refractivity contribution in [1.82, 2.24) is 0 Å². The highest BCUT2D eigenvalue weighted by Gasteiger charge is 1.90. The molecule has 2 heteroatoms. The molecule has 1 nitrogen and oxygen atoms in total. The van der Waals surface area contributed by atoms with Crippen molar-refractivity contribution in [3.63, 3.8) is 0 Å². The number of nitrogen functional groups attached to an aromatic ring is 1. The zero-order chi connectivity index (χ0) is 5.98. The van der Waals surface area contributed by atoms with Gasteiger partial charge in [-0.3, -0.25) is 0 Å². The molecule has 43 valence electrons. The second kappa shape index (κ2) is 2.18. The van der Waals surface area contributed by atoms with Gasteiger partial charge in [0.15, 0.2) is 0 Å². The average molecular weight is 126 g/mol. The van der Waals surface area contributed by atoms with Crippen molar-refractivity contribution in [3.8, 4) is 0 Å². The Labute approximate surface area is 53.1 Å². The topological polar surface area (TPSA) is 26.0 Å². The van der Waals surface area contributed by atoms with Crippen molar-refractivity contribution in [1.29, 1.82) is 0 Å². The molecule has 8 heavy (non-hydrogen) atoms. The third-order valence-corrected chi connectivity index (χ3v) is 1.91. The van der Waals surface area contributed by atoms with Crippen LogP contribution in [0.2, 0.25) is 0 Å². The lowest BCUT2D eigenvalue weighted by Crippen LogP contribution is -1.72. The van der Waals surface area contributed by atoms with Gasteiger partial charge in [0, 0.05) is 4.88 Å². The summed E-state index contributed by atoms with van der Waals surface area (Å²) in [6.07, 6.45) is 2.04. The fourth-order valence-corrected chi connectivity index (χ4v) is 1.19. The number of hydrogen-bond acceptors (Lipinski definition) is 2. The van der Waals surface area contributed by atoms with Gasteiger partial charge in [0.05, 0.1) is 5.00 Å². The number of rotatable bonds is 1. The minimum Gasteiger partial charge on any atom is -0.391 e. The molecule has 0 unspecified atom stereocenters. The molecule has 0 spiro atoms. The first-order chi connectivity index (χ1) is 3.83. The summed E-state index contributed by atoms with van der Waals surface area (Å²) in [6, 6.07) is 3.93. The summed E-state index contributed by atoms with van der Waals surface area (Å²) in [4.78, 5) is 1.24. The molecule has 0 aromatic carbocycles. The summed E-state index contributed by atoms with van der Waals surface area (Å²) in [5.74, 6) is 0. The van der Waals surface area contributed by atoms with Crippen LogP contribution in [0.4, 0.5) is 5.00 Å². The molecule has 1 aromatic heterocycles.